The van der Waals surface area contributed by atoms with E-state index in [9.17, 15) is 13.2 Å². The summed E-state index contributed by atoms with van der Waals surface area (Å²) >= 11 is 5.84. The van der Waals surface area contributed by atoms with Crippen molar-refractivity contribution in [3.05, 3.63) is 47.2 Å². The van der Waals surface area contributed by atoms with Crippen molar-refractivity contribution in [3.63, 3.8) is 0 Å². The standard InChI is InChI=1S/C13H10ClN3O3S/c14-13-11(2-1-5-15-13)17-21(19,20)9-3-4-10-8(6-9)7-12(18)16-10/h1-6,17H,7H2,(H,16,18). The summed E-state index contributed by atoms with van der Waals surface area (Å²) in [7, 11) is -3.79. The summed E-state index contributed by atoms with van der Waals surface area (Å²) in [6.45, 7) is 0. The van der Waals surface area contributed by atoms with Gasteiger partial charge in [0.25, 0.3) is 10.0 Å². The van der Waals surface area contributed by atoms with Gasteiger partial charge in [0.1, 0.15) is 0 Å². The molecule has 1 aromatic heterocycles. The maximum Gasteiger partial charge on any atom is 0.262 e. The number of anilines is 2. The summed E-state index contributed by atoms with van der Waals surface area (Å²) in [5, 5.41) is 2.72. The molecule has 21 heavy (non-hydrogen) atoms. The Morgan fingerprint density at radius 1 is 1.29 bits per heavy atom. The largest absolute Gasteiger partial charge is 0.326 e. The van der Waals surface area contributed by atoms with E-state index in [1.54, 1.807) is 12.1 Å². The number of rotatable bonds is 3. The lowest BCUT2D eigenvalue weighted by Crippen LogP contribution is -2.13. The fraction of sp³-hybridized carbons (Fsp3) is 0.0769. The molecule has 0 atom stereocenters. The van der Waals surface area contributed by atoms with Crippen molar-refractivity contribution in [1.29, 1.82) is 0 Å². The molecule has 0 saturated carbocycles. The van der Waals surface area contributed by atoms with Gasteiger partial charge in [0.05, 0.1) is 17.0 Å². The van der Waals surface area contributed by atoms with Crippen LogP contribution in [0.15, 0.2) is 41.4 Å². The van der Waals surface area contributed by atoms with Crippen LogP contribution in [0.4, 0.5) is 11.4 Å². The van der Waals surface area contributed by atoms with E-state index in [1.165, 1.54) is 24.4 Å². The van der Waals surface area contributed by atoms with Crippen LogP contribution >= 0.6 is 11.6 Å². The van der Waals surface area contributed by atoms with Crippen LogP contribution in [0.3, 0.4) is 0 Å². The second-order valence-corrected chi connectivity index (χ2v) is 6.53. The molecule has 2 aromatic rings. The van der Waals surface area contributed by atoms with E-state index in [1.807, 2.05) is 0 Å². The van der Waals surface area contributed by atoms with Gasteiger partial charge in [-0.15, -0.1) is 0 Å². The van der Waals surface area contributed by atoms with Crippen molar-refractivity contribution in [1.82, 2.24) is 4.98 Å². The van der Waals surface area contributed by atoms with Crippen molar-refractivity contribution in [2.75, 3.05) is 10.0 Å². The van der Waals surface area contributed by atoms with Gasteiger partial charge in [0.15, 0.2) is 5.15 Å². The smallest absolute Gasteiger partial charge is 0.262 e. The average molecular weight is 324 g/mol. The maximum absolute atomic E-state index is 12.3. The van der Waals surface area contributed by atoms with Crippen molar-refractivity contribution < 1.29 is 13.2 Å². The molecule has 1 aromatic carbocycles. The number of hydrogen-bond acceptors (Lipinski definition) is 4. The normalized spacial score (nSPS) is 13.7. The predicted molar refractivity (Wildman–Crippen MR) is 78.8 cm³/mol. The van der Waals surface area contributed by atoms with E-state index in [0.717, 1.165) is 0 Å². The lowest BCUT2D eigenvalue weighted by atomic mass is 10.2. The zero-order valence-corrected chi connectivity index (χ0v) is 12.2. The molecular formula is C13H10ClN3O3S. The van der Waals surface area contributed by atoms with Crippen LogP contribution in [-0.2, 0) is 21.2 Å². The highest BCUT2D eigenvalue weighted by Gasteiger charge is 2.22. The molecule has 0 fully saturated rings. The van der Waals surface area contributed by atoms with Gasteiger partial charge >= 0.3 is 0 Å². The van der Waals surface area contributed by atoms with E-state index in [2.05, 4.69) is 15.0 Å². The lowest BCUT2D eigenvalue weighted by molar-refractivity contribution is -0.115. The van der Waals surface area contributed by atoms with E-state index in [-0.39, 0.29) is 28.1 Å². The highest BCUT2D eigenvalue weighted by Crippen LogP contribution is 2.27. The van der Waals surface area contributed by atoms with Crippen LogP contribution in [0.25, 0.3) is 0 Å². The van der Waals surface area contributed by atoms with Crippen LogP contribution in [0.2, 0.25) is 5.15 Å². The maximum atomic E-state index is 12.3. The Labute approximate surface area is 126 Å². The number of hydrogen-bond donors (Lipinski definition) is 2. The number of carbonyl (C=O) groups is 1. The molecule has 0 spiro atoms. The fourth-order valence-corrected chi connectivity index (χ4v) is 3.38. The van der Waals surface area contributed by atoms with Crippen LogP contribution < -0.4 is 10.0 Å². The van der Waals surface area contributed by atoms with Gasteiger partial charge in [-0.2, -0.15) is 0 Å². The molecule has 6 nitrogen and oxygen atoms in total. The van der Waals surface area contributed by atoms with Gasteiger partial charge in [-0.3, -0.25) is 9.52 Å². The fourth-order valence-electron chi connectivity index (χ4n) is 2.04. The van der Waals surface area contributed by atoms with Crippen molar-refractivity contribution >= 4 is 38.9 Å². The summed E-state index contributed by atoms with van der Waals surface area (Å²) in [5.74, 6) is -0.150. The Morgan fingerprint density at radius 3 is 2.86 bits per heavy atom. The van der Waals surface area contributed by atoms with Crippen LogP contribution in [0.1, 0.15) is 5.56 Å². The quantitative estimate of drug-likeness (QED) is 0.846. The van der Waals surface area contributed by atoms with Crippen molar-refractivity contribution in [3.8, 4) is 0 Å². The number of fused-ring (bicyclic) bond motifs is 1. The van der Waals surface area contributed by atoms with Gasteiger partial charge in [-0.05, 0) is 35.9 Å². The molecule has 0 aliphatic carbocycles. The molecule has 8 heteroatoms. The SMILES string of the molecule is O=C1Cc2cc(S(=O)(=O)Nc3cccnc3Cl)ccc2N1. The monoisotopic (exact) mass is 323 g/mol. The third-order valence-corrected chi connectivity index (χ3v) is 4.68. The Bertz CT molecular complexity index is 836. The zero-order chi connectivity index (χ0) is 15.0. The molecule has 3 rings (SSSR count). The van der Waals surface area contributed by atoms with Gasteiger partial charge < -0.3 is 5.32 Å². The summed E-state index contributed by atoms with van der Waals surface area (Å²) in [5.41, 5.74) is 1.49. The predicted octanol–water partition coefficient (Wildman–Crippen LogP) is 2.03. The van der Waals surface area contributed by atoms with Gasteiger partial charge in [-0.1, -0.05) is 11.6 Å². The number of halogens is 1. The first-order valence-electron chi connectivity index (χ1n) is 6.02. The van der Waals surface area contributed by atoms with Crippen LogP contribution in [0, 0.1) is 0 Å². The van der Waals surface area contributed by atoms with Gasteiger partial charge in [0.2, 0.25) is 5.91 Å². The van der Waals surface area contributed by atoms with E-state index in [4.69, 9.17) is 11.6 Å². The number of pyridine rings is 1. The molecule has 0 radical (unpaired) electrons. The molecule has 1 aliphatic heterocycles. The Hall–Kier alpha value is -2.12. The number of aromatic nitrogens is 1. The van der Waals surface area contributed by atoms with Gasteiger partial charge in [0, 0.05) is 11.9 Å². The first-order valence-corrected chi connectivity index (χ1v) is 7.88. The third-order valence-electron chi connectivity index (χ3n) is 3.02. The van der Waals surface area contributed by atoms with Crippen molar-refractivity contribution in [2.24, 2.45) is 0 Å². The number of sulfonamides is 1. The molecule has 1 amide bonds. The molecular weight excluding hydrogens is 314 g/mol. The van der Waals surface area contributed by atoms with Gasteiger partial charge in [-0.25, -0.2) is 13.4 Å². The number of benzene rings is 1. The summed E-state index contributed by atoms with van der Waals surface area (Å²) in [6.07, 6.45) is 1.64. The molecule has 0 bridgehead atoms. The van der Waals surface area contributed by atoms with Crippen molar-refractivity contribution in [2.45, 2.75) is 11.3 Å². The zero-order valence-electron chi connectivity index (χ0n) is 10.6. The minimum Gasteiger partial charge on any atom is -0.326 e. The molecule has 2 heterocycles. The molecule has 108 valence electrons. The van der Waals surface area contributed by atoms with Crippen LogP contribution in [-0.4, -0.2) is 19.3 Å². The number of nitrogens with one attached hydrogen (secondary N) is 2. The molecule has 1 aliphatic rings. The average Bonchev–Trinajstić information content (AvgIpc) is 2.80. The topological polar surface area (TPSA) is 88.2 Å². The number of nitrogens with zero attached hydrogens (tertiary/aromatic N) is 1. The summed E-state index contributed by atoms with van der Waals surface area (Å²) in [6, 6.07) is 7.57. The van der Waals surface area contributed by atoms with Crippen LogP contribution in [0.5, 0.6) is 0 Å². The minimum absolute atomic E-state index is 0.0673. The van der Waals surface area contributed by atoms with E-state index in [0.29, 0.717) is 11.3 Å². The molecule has 0 saturated heterocycles. The minimum atomic E-state index is -3.79. The highest BCUT2D eigenvalue weighted by atomic mass is 35.5. The first kappa shape index (κ1) is 13.8. The second kappa shape index (κ2) is 5.01. The molecule has 0 unspecified atom stereocenters. The lowest BCUT2D eigenvalue weighted by Gasteiger charge is -2.09. The highest BCUT2D eigenvalue weighted by molar-refractivity contribution is 7.92. The molecule has 2 N–H and O–H groups in total. The Balaban J connectivity index is 1.95. The third kappa shape index (κ3) is 2.70. The second-order valence-electron chi connectivity index (χ2n) is 4.49. The first-order chi connectivity index (χ1) is 9.95. The number of amides is 1. The Kier molecular flexibility index (Phi) is 3.30. The summed E-state index contributed by atoms with van der Waals surface area (Å²) in [4.78, 5) is 15.2. The van der Waals surface area contributed by atoms with E-state index >= 15 is 0 Å². The van der Waals surface area contributed by atoms with E-state index < -0.39 is 10.0 Å². The Morgan fingerprint density at radius 2 is 2.10 bits per heavy atom. The summed E-state index contributed by atoms with van der Waals surface area (Å²) < 4.78 is 27.0. The number of carbonyl (C=O) groups excluding carboxylic acids is 1.